The minimum absolute atomic E-state index is 0.208. The van der Waals surface area contributed by atoms with Gasteiger partial charge in [0, 0.05) is 7.14 Å². The fraction of sp³-hybridized carbons (Fsp3) is 0.429. The van der Waals surface area contributed by atoms with Gasteiger partial charge in [-0.3, -0.25) is 0 Å². The van der Waals surface area contributed by atoms with Crippen molar-refractivity contribution in [2.24, 2.45) is 0 Å². The van der Waals surface area contributed by atoms with Crippen molar-refractivity contribution in [1.29, 1.82) is 0 Å². The summed E-state index contributed by atoms with van der Waals surface area (Å²) in [7, 11) is 0. The van der Waals surface area contributed by atoms with Gasteiger partial charge in [-0.15, -0.1) is 0 Å². The van der Waals surface area contributed by atoms with E-state index in [1.807, 2.05) is 0 Å². The summed E-state index contributed by atoms with van der Waals surface area (Å²) in [5.41, 5.74) is 15.2. The molecule has 0 aromatic heterocycles. The first-order chi connectivity index (χ1) is 20.1. The highest BCUT2D eigenvalue weighted by atomic mass is 127. The van der Waals surface area contributed by atoms with Crippen molar-refractivity contribution in [1.82, 2.24) is 0 Å². The molecule has 4 aromatic rings. The van der Waals surface area contributed by atoms with Crippen LogP contribution < -0.4 is 0 Å². The third kappa shape index (κ3) is 8.37. The van der Waals surface area contributed by atoms with Crippen LogP contribution in [0.4, 0.5) is 0 Å². The number of benzene rings is 4. The van der Waals surface area contributed by atoms with Crippen LogP contribution in [0.25, 0.3) is 11.1 Å². The van der Waals surface area contributed by atoms with Crippen LogP contribution in [0.5, 0.6) is 0 Å². The van der Waals surface area contributed by atoms with Gasteiger partial charge in [-0.25, -0.2) is 0 Å². The van der Waals surface area contributed by atoms with E-state index in [1.54, 1.807) is 0 Å². The van der Waals surface area contributed by atoms with Crippen molar-refractivity contribution >= 4 is 45.2 Å². The highest BCUT2D eigenvalue weighted by Crippen LogP contribution is 2.41. The Labute approximate surface area is 296 Å². The zero-order chi connectivity index (χ0) is 32.8. The second-order valence-corrected chi connectivity index (χ2v) is 19.0. The Morgan fingerprint density at radius 2 is 0.727 bits per heavy atom. The molecule has 0 unspecified atom stereocenters. The molecule has 5 rings (SSSR count). The predicted molar refractivity (Wildman–Crippen MR) is 211 cm³/mol. The molecule has 0 amide bonds. The maximum Gasteiger partial charge on any atom is 0.0168 e. The van der Waals surface area contributed by atoms with Crippen LogP contribution in [0.1, 0.15) is 128 Å². The summed E-state index contributed by atoms with van der Waals surface area (Å²) < 4.78 is 2.73. The van der Waals surface area contributed by atoms with Crippen LogP contribution in [0.3, 0.4) is 0 Å². The Hall–Kier alpha value is -1.66. The number of hydrogen-bond donors (Lipinski definition) is 0. The molecule has 0 aliphatic heterocycles. The topological polar surface area (TPSA) is 0 Å². The van der Waals surface area contributed by atoms with E-state index < -0.39 is 0 Å². The van der Waals surface area contributed by atoms with Gasteiger partial charge in [-0.1, -0.05) is 144 Å². The fourth-order valence-corrected chi connectivity index (χ4v) is 7.03. The van der Waals surface area contributed by atoms with Crippen molar-refractivity contribution in [3.63, 3.8) is 0 Å². The van der Waals surface area contributed by atoms with Gasteiger partial charge in [0.25, 0.3) is 0 Å². The molecule has 0 nitrogen and oxygen atoms in total. The van der Waals surface area contributed by atoms with E-state index >= 15 is 0 Å². The van der Waals surface area contributed by atoms with Crippen molar-refractivity contribution in [3.8, 4) is 11.1 Å². The van der Waals surface area contributed by atoms with Gasteiger partial charge in [0.05, 0.1) is 0 Å². The molecule has 2 heteroatoms. The Morgan fingerprint density at radius 3 is 1.02 bits per heavy atom. The number of rotatable bonds is 2. The summed E-state index contributed by atoms with van der Waals surface area (Å²) in [5.74, 6) is 0. The molecule has 0 radical (unpaired) electrons. The molecule has 0 spiro atoms. The van der Waals surface area contributed by atoms with Crippen LogP contribution >= 0.6 is 45.2 Å². The van der Waals surface area contributed by atoms with Gasteiger partial charge >= 0.3 is 0 Å². The second kappa shape index (κ2) is 12.9. The molecule has 0 bridgehead atoms. The molecular weight excluding hydrogens is 758 g/mol. The van der Waals surface area contributed by atoms with Crippen LogP contribution in [0, 0.1) is 7.14 Å². The van der Waals surface area contributed by atoms with E-state index in [1.165, 1.54) is 62.8 Å². The van der Waals surface area contributed by atoms with E-state index in [0.717, 1.165) is 12.8 Å². The molecule has 4 aromatic carbocycles. The largest absolute Gasteiger partial charge is 0.0582 e. The second-order valence-electron chi connectivity index (χ2n) is 16.7. The normalized spacial score (nSPS) is 13.2. The first-order valence-corrected chi connectivity index (χ1v) is 18.2. The number of halogens is 2. The quantitative estimate of drug-likeness (QED) is 0.156. The summed E-state index contributed by atoms with van der Waals surface area (Å²) in [6.45, 7) is 27.3. The predicted octanol–water partition coefficient (Wildman–Crippen LogP) is 12.9. The Morgan fingerprint density at radius 1 is 0.432 bits per heavy atom. The summed E-state index contributed by atoms with van der Waals surface area (Å²) in [6.07, 6.45) is 2.09. The first kappa shape index (κ1) is 35.2. The third-order valence-electron chi connectivity index (χ3n) is 8.84. The van der Waals surface area contributed by atoms with E-state index in [9.17, 15) is 0 Å². The molecule has 0 heterocycles. The monoisotopic (exact) mass is 810 g/mol. The summed E-state index contributed by atoms with van der Waals surface area (Å²) in [6, 6.07) is 27.9. The smallest absolute Gasteiger partial charge is 0.0168 e. The van der Waals surface area contributed by atoms with Gasteiger partial charge in [0.2, 0.25) is 0 Å². The van der Waals surface area contributed by atoms with Gasteiger partial charge < -0.3 is 0 Å². The van der Waals surface area contributed by atoms with Crippen molar-refractivity contribution in [2.75, 3.05) is 0 Å². The SMILES string of the molecule is CC(C)(C)c1ccc(Cc2ccc(C(C)(C)C)cc2I)c(I)c1.CC(C)(C)c1ccc2c(c1)-c1cc(C(C)(C)C)ccc1C2. The highest BCUT2D eigenvalue weighted by Gasteiger charge is 2.24. The lowest BCUT2D eigenvalue weighted by molar-refractivity contribution is 0.589. The van der Waals surface area contributed by atoms with Gasteiger partial charge in [0.1, 0.15) is 0 Å². The van der Waals surface area contributed by atoms with Crippen LogP contribution in [-0.4, -0.2) is 0 Å². The van der Waals surface area contributed by atoms with E-state index in [2.05, 4.69) is 201 Å². The van der Waals surface area contributed by atoms with Crippen LogP contribution in [0.2, 0.25) is 0 Å². The van der Waals surface area contributed by atoms with Gasteiger partial charge in [0.15, 0.2) is 0 Å². The maximum atomic E-state index is 2.48. The molecule has 1 aliphatic carbocycles. The molecule has 0 saturated heterocycles. The molecule has 0 saturated carbocycles. The fourth-order valence-electron chi connectivity index (χ4n) is 5.62. The molecule has 0 atom stereocenters. The van der Waals surface area contributed by atoms with Crippen molar-refractivity contribution in [3.05, 3.63) is 124 Å². The lowest BCUT2D eigenvalue weighted by Gasteiger charge is -2.21. The third-order valence-corrected chi connectivity index (χ3v) is 10.9. The van der Waals surface area contributed by atoms with E-state index in [-0.39, 0.29) is 21.7 Å². The minimum atomic E-state index is 0.208. The summed E-state index contributed by atoms with van der Waals surface area (Å²) in [5, 5.41) is 0. The molecule has 234 valence electrons. The lowest BCUT2D eigenvalue weighted by Crippen LogP contribution is -2.12. The number of fused-ring (bicyclic) bond motifs is 3. The van der Waals surface area contributed by atoms with E-state index in [0.29, 0.717) is 0 Å². The van der Waals surface area contributed by atoms with E-state index in [4.69, 9.17) is 0 Å². The average molecular weight is 811 g/mol. The Bertz CT molecular complexity index is 1520. The number of hydrogen-bond acceptors (Lipinski definition) is 0. The maximum absolute atomic E-state index is 2.48. The average Bonchev–Trinajstić information content (AvgIpc) is 3.26. The summed E-state index contributed by atoms with van der Waals surface area (Å²) in [4.78, 5) is 0. The minimum Gasteiger partial charge on any atom is -0.0582 e. The summed E-state index contributed by atoms with van der Waals surface area (Å²) >= 11 is 4.96. The Balaban J connectivity index is 0.000000201. The molecular formula is C42H52I2. The molecule has 0 fully saturated rings. The standard InChI is InChI=1S/C21H26I2.C21H26/c1-20(2,3)16-9-7-14(18(22)12-16)11-15-8-10-17(13-19(15)23)21(4,5)6;1-20(2,3)16-9-7-14-11-15-8-10-17(21(4,5)6)13-19(15)18(14)12-16/h7-10,12-13H,11H2,1-6H3;7-10,12-13H,11H2,1-6H3. The lowest BCUT2D eigenvalue weighted by atomic mass is 9.83. The zero-order valence-electron chi connectivity index (χ0n) is 29.1. The van der Waals surface area contributed by atoms with Crippen molar-refractivity contribution < 1.29 is 0 Å². The van der Waals surface area contributed by atoms with Crippen LogP contribution in [0.15, 0.2) is 72.8 Å². The van der Waals surface area contributed by atoms with Gasteiger partial charge in [-0.2, -0.15) is 0 Å². The Kier molecular flexibility index (Phi) is 10.3. The zero-order valence-corrected chi connectivity index (χ0v) is 33.4. The molecule has 1 aliphatic rings. The molecule has 0 N–H and O–H groups in total. The van der Waals surface area contributed by atoms with Crippen molar-refractivity contribution in [2.45, 2.75) is 118 Å². The van der Waals surface area contributed by atoms with Gasteiger partial charge in [-0.05, 0) is 147 Å². The molecule has 44 heavy (non-hydrogen) atoms. The highest BCUT2D eigenvalue weighted by molar-refractivity contribution is 14.1. The van der Waals surface area contributed by atoms with Crippen LogP contribution in [-0.2, 0) is 34.5 Å². The first-order valence-electron chi connectivity index (χ1n) is 16.0.